The van der Waals surface area contributed by atoms with Gasteiger partial charge in [-0.05, 0) is 34.9 Å². The van der Waals surface area contributed by atoms with Gasteiger partial charge in [-0.1, -0.05) is 30.0 Å². The topological polar surface area (TPSA) is 81.9 Å². The number of para-hydroxylation sites is 1. The minimum atomic E-state index is -0.0415. The number of amides is 1. The van der Waals surface area contributed by atoms with Gasteiger partial charge in [-0.15, -0.1) is 5.10 Å². The number of aromatic nitrogens is 4. The Kier molecular flexibility index (Phi) is 5.12. The highest BCUT2D eigenvalue weighted by molar-refractivity contribution is 7.99. The Labute approximate surface area is 138 Å². The summed E-state index contributed by atoms with van der Waals surface area (Å²) in [6, 6.07) is 7.92. The lowest BCUT2D eigenvalue weighted by atomic mass is 9.96. The molecule has 0 saturated carbocycles. The van der Waals surface area contributed by atoms with Gasteiger partial charge in [0.25, 0.3) is 0 Å². The molecule has 1 aromatic carbocycles. The lowest BCUT2D eigenvalue weighted by molar-refractivity contribution is -0.125. The molecule has 1 N–H and O–H groups in total. The molecule has 1 aromatic heterocycles. The van der Waals surface area contributed by atoms with Crippen molar-refractivity contribution in [3.05, 3.63) is 29.8 Å². The molecule has 0 fully saturated rings. The highest BCUT2D eigenvalue weighted by Crippen LogP contribution is 2.26. The average Bonchev–Trinajstić information content (AvgIpc) is 2.84. The van der Waals surface area contributed by atoms with E-state index in [0.717, 1.165) is 35.1 Å². The quantitative estimate of drug-likeness (QED) is 0.651. The van der Waals surface area contributed by atoms with E-state index >= 15 is 0 Å². The minimum Gasteiger partial charge on any atom is -0.493 e. The number of nitrogens with zero attached hydrogens (tertiary/aromatic N) is 4. The fourth-order valence-electron chi connectivity index (χ4n) is 2.52. The van der Waals surface area contributed by atoms with Gasteiger partial charge in [0, 0.05) is 25.3 Å². The predicted molar refractivity (Wildman–Crippen MR) is 86.3 cm³/mol. The second-order valence-electron chi connectivity index (χ2n) is 5.37. The van der Waals surface area contributed by atoms with Crippen molar-refractivity contribution in [3.63, 3.8) is 0 Å². The van der Waals surface area contributed by atoms with Crippen molar-refractivity contribution in [2.24, 2.45) is 13.0 Å². The first-order valence-electron chi connectivity index (χ1n) is 7.57. The summed E-state index contributed by atoms with van der Waals surface area (Å²) in [4.78, 5) is 12.4. The Balaban J connectivity index is 1.48. The van der Waals surface area contributed by atoms with Crippen molar-refractivity contribution in [2.45, 2.75) is 18.0 Å². The van der Waals surface area contributed by atoms with Crippen LogP contribution in [0.4, 0.5) is 0 Å². The van der Waals surface area contributed by atoms with Crippen LogP contribution in [0.25, 0.3) is 0 Å². The summed E-state index contributed by atoms with van der Waals surface area (Å²) >= 11 is 1.52. The lowest BCUT2D eigenvalue weighted by Crippen LogP contribution is -2.33. The van der Waals surface area contributed by atoms with E-state index in [1.54, 1.807) is 11.7 Å². The van der Waals surface area contributed by atoms with Crippen molar-refractivity contribution in [2.75, 3.05) is 18.9 Å². The van der Waals surface area contributed by atoms with Crippen molar-refractivity contribution < 1.29 is 9.53 Å². The van der Waals surface area contributed by atoms with Gasteiger partial charge in [0.05, 0.1) is 6.61 Å². The first-order valence-corrected chi connectivity index (χ1v) is 8.56. The zero-order valence-corrected chi connectivity index (χ0v) is 13.8. The van der Waals surface area contributed by atoms with Gasteiger partial charge < -0.3 is 10.1 Å². The summed E-state index contributed by atoms with van der Waals surface area (Å²) in [6.07, 6.45) is 1.46. The van der Waals surface area contributed by atoms with E-state index in [2.05, 4.69) is 20.8 Å². The summed E-state index contributed by atoms with van der Waals surface area (Å²) in [5, 5.41) is 15.0. The first-order chi connectivity index (χ1) is 11.2. The molecule has 0 radical (unpaired) electrons. The molecule has 0 spiro atoms. The first kappa shape index (κ1) is 15.8. The Morgan fingerprint density at radius 2 is 2.35 bits per heavy atom. The van der Waals surface area contributed by atoms with Gasteiger partial charge in [0.2, 0.25) is 11.1 Å². The van der Waals surface area contributed by atoms with Crippen molar-refractivity contribution >= 4 is 17.7 Å². The van der Waals surface area contributed by atoms with E-state index in [4.69, 9.17) is 4.74 Å². The number of ether oxygens (including phenoxy) is 1. The van der Waals surface area contributed by atoms with E-state index in [-0.39, 0.29) is 11.8 Å². The molecule has 1 atom stereocenters. The fraction of sp³-hybridized carbons (Fsp3) is 0.467. The summed E-state index contributed by atoms with van der Waals surface area (Å²) in [5.74, 6) is 1.68. The number of tetrazole rings is 1. The predicted octanol–water partition coefficient (Wildman–Crippen LogP) is 1.06. The maximum atomic E-state index is 12.4. The highest BCUT2D eigenvalue weighted by atomic mass is 32.2. The van der Waals surface area contributed by atoms with Crippen LogP contribution in [-0.2, 0) is 18.3 Å². The molecule has 0 saturated heterocycles. The number of benzene rings is 1. The van der Waals surface area contributed by atoms with Crippen LogP contribution >= 0.6 is 11.8 Å². The number of carbonyl (C=O) groups is 1. The Morgan fingerprint density at radius 1 is 1.48 bits per heavy atom. The van der Waals surface area contributed by atoms with Crippen molar-refractivity contribution in [1.82, 2.24) is 25.5 Å². The second-order valence-corrected chi connectivity index (χ2v) is 6.43. The molecule has 122 valence electrons. The van der Waals surface area contributed by atoms with Gasteiger partial charge in [-0.2, -0.15) is 0 Å². The molecule has 3 rings (SSSR count). The van der Waals surface area contributed by atoms with E-state index in [9.17, 15) is 4.79 Å². The van der Waals surface area contributed by atoms with Crippen molar-refractivity contribution in [1.29, 1.82) is 0 Å². The van der Waals surface area contributed by atoms with Crippen LogP contribution in [0.15, 0.2) is 29.4 Å². The van der Waals surface area contributed by atoms with Gasteiger partial charge >= 0.3 is 0 Å². The van der Waals surface area contributed by atoms with E-state index in [0.29, 0.717) is 13.2 Å². The zero-order valence-electron chi connectivity index (χ0n) is 12.9. The number of hydrogen-bond acceptors (Lipinski definition) is 6. The van der Waals surface area contributed by atoms with Crippen LogP contribution in [0.1, 0.15) is 12.0 Å². The zero-order chi connectivity index (χ0) is 16.1. The molecule has 0 aliphatic carbocycles. The van der Waals surface area contributed by atoms with Crippen LogP contribution in [0.2, 0.25) is 0 Å². The molecular formula is C15H19N5O2S. The number of rotatable bonds is 5. The molecule has 0 bridgehead atoms. The summed E-state index contributed by atoms with van der Waals surface area (Å²) < 4.78 is 7.32. The molecule has 2 heterocycles. The van der Waals surface area contributed by atoms with Crippen LogP contribution in [0, 0.1) is 5.92 Å². The van der Waals surface area contributed by atoms with Crippen molar-refractivity contribution in [3.8, 4) is 5.75 Å². The minimum absolute atomic E-state index is 0.0415. The molecule has 0 unspecified atom stereocenters. The molecule has 1 aliphatic heterocycles. The number of nitrogens with one attached hydrogen (secondary N) is 1. The largest absolute Gasteiger partial charge is 0.493 e. The summed E-state index contributed by atoms with van der Waals surface area (Å²) in [5.41, 5.74) is 1.10. The molecule has 2 aromatic rings. The van der Waals surface area contributed by atoms with Crippen LogP contribution in [-0.4, -0.2) is 45.0 Å². The Bertz CT molecular complexity index is 675. The van der Waals surface area contributed by atoms with Crippen LogP contribution in [0.3, 0.4) is 0 Å². The molecule has 1 amide bonds. The highest BCUT2D eigenvalue weighted by Gasteiger charge is 2.23. The third-order valence-corrected chi connectivity index (χ3v) is 4.76. The molecular weight excluding hydrogens is 314 g/mol. The summed E-state index contributed by atoms with van der Waals surface area (Å²) in [6.45, 7) is 1.17. The van der Waals surface area contributed by atoms with E-state index in [1.165, 1.54) is 11.8 Å². The van der Waals surface area contributed by atoms with Gasteiger partial charge in [0.15, 0.2) is 0 Å². The second kappa shape index (κ2) is 7.45. The standard InChI is InChI=1S/C15H19N5O2S/c1-20-15(17-18-19-20)23-9-7-16-14(21)12-6-8-22-13-5-3-2-4-11(13)10-12/h2-5,12H,6-10H2,1H3,(H,16,21)/t12-/m0/s1. The van der Waals surface area contributed by atoms with Gasteiger partial charge in [-0.25, -0.2) is 4.68 Å². The number of fused-ring (bicyclic) bond motifs is 1. The lowest BCUT2D eigenvalue weighted by Gasteiger charge is -2.13. The monoisotopic (exact) mass is 333 g/mol. The SMILES string of the molecule is Cn1nnnc1SCCNC(=O)[C@H]1CCOc2ccccc2C1. The maximum Gasteiger partial charge on any atom is 0.223 e. The summed E-state index contributed by atoms with van der Waals surface area (Å²) in [7, 11) is 1.80. The van der Waals surface area contributed by atoms with Crippen LogP contribution < -0.4 is 10.1 Å². The maximum absolute atomic E-state index is 12.4. The Morgan fingerprint density at radius 3 is 3.17 bits per heavy atom. The Hall–Kier alpha value is -2.09. The number of thioether (sulfide) groups is 1. The fourth-order valence-corrected chi connectivity index (χ4v) is 3.22. The molecule has 1 aliphatic rings. The van der Waals surface area contributed by atoms with E-state index in [1.807, 2.05) is 24.3 Å². The third-order valence-electron chi connectivity index (χ3n) is 3.75. The smallest absolute Gasteiger partial charge is 0.223 e. The number of aryl methyl sites for hydroxylation is 1. The molecule has 7 nitrogen and oxygen atoms in total. The third kappa shape index (κ3) is 4.01. The number of hydrogen-bond donors (Lipinski definition) is 1. The molecule has 23 heavy (non-hydrogen) atoms. The van der Waals surface area contributed by atoms with Crippen LogP contribution in [0.5, 0.6) is 5.75 Å². The normalized spacial score (nSPS) is 17.0. The van der Waals surface area contributed by atoms with Gasteiger partial charge in [-0.3, -0.25) is 4.79 Å². The molecule has 8 heteroatoms. The van der Waals surface area contributed by atoms with Gasteiger partial charge in [0.1, 0.15) is 5.75 Å². The number of carbonyl (C=O) groups excluding carboxylic acids is 1. The van der Waals surface area contributed by atoms with E-state index < -0.39 is 0 Å². The average molecular weight is 333 g/mol.